The van der Waals surface area contributed by atoms with E-state index in [9.17, 15) is 0 Å². The summed E-state index contributed by atoms with van der Waals surface area (Å²) < 4.78 is 9.74. The van der Waals surface area contributed by atoms with E-state index < -0.39 is 0 Å². The Bertz CT molecular complexity index is 496. The molecular weight excluding hydrogens is 194 g/mol. The van der Waals surface area contributed by atoms with Gasteiger partial charge in [0.05, 0.1) is 18.7 Å². The first kappa shape index (κ1) is 9.21. The van der Waals surface area contributed by atoms with Gasteiger partial charge >= 0.3 is 6.01 Å². The number of hydrogen-bond donors (Lipinski definition) is 0. The van der Waals surface area contributed by atoms with Gasteiger partial charge in [0.15, 0.2) is 0 Å². The molecule has 74 valence electrons. The van der Waals surface area contributed by atoms with Crippen LogP contribution >= 0.6 is 0 Å². The predicted molar refractivity (Wildman–Crippen MR) is 51.0 cm³/mol. The average Bonchev–Trinajstić information content (AvgIpc) is 2.78. The number of nitriles is 1. The Hall–Kier alpha value is -2.35. The summed E-state index contributed by atoms with van der Waals surface area (Å²) in [6.45, 7) is 0. The van der Waals surface area contributed by atoms with E-state index in [0.717, 1.165) is 5.56 Å². The third-order valence-corrected chi connectivity index (χ3v) is 1.85. The minimum Gasteiger partial charge on any atom is -0.465 e. The molecule has 0 N–H and O–H groups in total. The number of nitrogens with zero attached hydrogens (tertiary/aromatic N) is 3. The first-order valence-electron chi connectivity index (χ1n) is 4.21. The Kier molecular flexibility index (Phi) is 2.33. The van der Waals surface area contributed by atoms with E-state index >= 15 is 0 Å². The molecule has 0 bridgehead atoms. The van der Waals surface area contributed by atoms with E-state index in [4.69, 9.17) is 14.5 Å². The molecule has 0 saturated heterocycles. The highest BCUT2D eigenvalue weighted by atomic mass is 16.5. The minimum absolute atomic E-state index is 0.189. The fourth-order valence-electron chi connectivity index (χ4n) is 1.10. The molecule has 0 aliphatic rings. The van der Waals surface area contributed by atoms with Crippen molar-refractivity contribution >= 4 is 0 Å². The Morgan fingerprint density at radius 2 is 2.07 bits per heavy atom. The summed E-state index contributed by atoms with van der Waals surface area (Å²) in [5.41, 5.74) is 1.34. The molecular formula is C10H7N3O2. The van der Waals surface area contributed by atoms with Crippen LogP contribution in [0.5, 0.6) is 6.01 Å². The molecule has 0 aliphatic heterocycles. The minimum atomic E-state index is 0.189. The summed E-state index contributed by atoms with van der Waals surface area (Å²) in [5.74, 6) is 0.372. The molecule has 1 heterocycles. The topological polar surface area (TPSA) is 71.9 Å². The van der Waals surface area contributed by atoms with Gasteiger partial charge in [-0.25, -0.2) is 0 Å². The van der Waals surface area contributed by atoms with Crippen molar-refractivity contribution in [3.05, 3.63) is 29.8 Å². The standard InChI is InChI=1S/C10H7N3O2/c1-14-10-12-9(15-13-10)8-4-2-7(6-11)3-5-8/h2-5H,1H3. The van der Waals surface area contributed by atoms with Crippen molar-refractivity contribution in [2.24, 2.45) is 0 Å². The molecule has 0 fully saturated rings. The second-order valence-electron chi connectivity index (χ2n) is 2.78. The fourth-order valence-corrected chi connectivity index (χ4v) is 1.10. The van der Waals surface area contributed by atoms with E-state index in [0.29, 0.717) is 11.5 Å². The SMILES string of the molecule is COc1noc(-c2ccc(C#N)cc2)n1. The third-order valence-electron chi connectivity index (χ3n) is 1.85. The maximum atomic E-state index is 8.62. The molecule has 1 aromatic carbocycles. The lowest BCUT2D eigenvalue weighted by atomic mass is 10.1. The van der Waals surface area contributed by atoms with Crippen molar-refractivity contribution in [2.75, 3.05) is 7.11 Å². The molecule has 5 nitrogen and oxygen atoms in total. The van der Waals surface area contributed by atoms with Crippen LogP contribution in [0.4, 0.5) is 0 Å². The van der Waals surface area contributed by atoms with E-state index in [-0.39, 0.29) is 6.01 Å². The summed E-state index contributed by atoms with van der Waals surface area (Å²) >= 11 is 0. The summed E-state index contributed by atoms with van der Waals surface area (Å²) in [4.78, 5) is 3.97. The zero-order valence-electron chi connectivity index (χ0n) is 7.97. The first-order valence-corrected chi connectivity index (χ1v) is 4.21. The van der Waals surface area contributed by atoms with Crippen LogP contribution in [0.25, 0.3) is 11.5 Å². The molecule has 0 unspecified atom stereocenters. The lowest BCUT2D eigenvalue weighted by molar-refractivity contribution is 0.338. The summed E-state index contributed by atoms with van der Waals surface area (Å²) in [6, 6.07) is 9.08. The molecule has 0 radical (unpaired) electrons. The van der Waals surface area contributed by atoms with Gasteiger partial charge in [-0.15, -0.1) is 0 Å². The van der Waals surface area contributed by atoms with E-state index in [1.807, 2.05) is 6.07 Å². The van der Waals surface area contributed by atoms with Crippen LogP contribution in [-0.2, 0) is 0 Å². The van der Waals surface area contributed by atoms with Crippen molar-refractivity contribution in [3.63, 3.8) is 0 Å². The molecule has 5 heteroatoms. The highest BCUT2D eigenvalue weighted by molar-refractivity contribution is 5.54. The molecule has 0 spiro atoms. The van der Waals surface area contributed by atoms with Gasteiger partial charge < -0.3 is 9.26 Å². The van der Waals surface area contributed by atoms with E-state index in [2.05, 4.69) is 10.1 Å². The van der Waals surface area contributed by atoms with Crippen molar-refractivity contribution in [3.8, 4) is 23.5 Å². The fraction of sp³-hybridized carbons (Fsp3) is 0.100. The van der Waals surface area contributed by atoms with Gasteiger partial charge in [0.2, 0.25) is 0 Å². The van der Waals surface area contributed by atoms with Crippen LogP contribution in [-0.4, -0.2) is 17.3 Å². The van der Waals surface area contributed by atoms with Crippen LogP contribution < -0.4 is 4.74 Å². The number of methoxy groups -OCH3 is 1. The normalized spacial score (nSPS) is 9.60. The van der Waals surface area contributed by atoms with Crippen molar-refractivity contribution < 1.29 is 9.26 Å². The highest BCUT2D eigenvalue weighted by Gasteiger charge is 2.07. The average molecular weight is 201 g/mol. The maximum absolute atomic E-state index is 8.62. The first-order chi connectivity index (χ1) is 7.33. The third kappa shape index (κ3) is 1.79. The largest absolute Gasteiger partial charge is 0.465 e. The maximum Gasteiger partial charge on any atom is 0.354 e. The number of ether oxygens (including phenoxy) is 1. The van der Waals surface area contributed by atoms with Crippen LogP contribution in [0, 0.1) is 11.3 Å². The molecule has 2 rings (SSSR count). The van der Waals surface area contributed by atoms with Gasteiger partial charge in [-0.2, -0.15) is 10.2 Å². The number of rotatable bonds is 2. The molecule has 0 aliphatic carbocycles. The van der Waals surface area contributed by atoms with Gasteiger partial charge in [-0.05, 0) is 29.4 Å². The lowest BCUT2D eigenvalue weighted by Crippen LogP contribution is -1.84. The second kappa shape index (κ2) is 3.80. The van der Waals surface area contributed by atoms with Crippen LogP contribution in [0.3, 0.4) is 0 Å². The zero-order chi connectivity index (χ0) is 10.7. The molecule has 1 aromatic heterocycles. The molecule has 0 saturated carbocycles. The van der Waals surface area contributed by atoms with Crippen LogP contribution in [0.2, 0.25) is 0 Å². The molecule has 0 amide bonds. The Labute approximate surface area is 85.9 Å². The summed E-state index contributed by atoms with van der Waals surface area (Å²) in [6.07, 6.45) is 0. The van der Waals surface area contributed by atoms with Gasteiger partial charge in [-0.3, -0.25) is 0 Å². The quantitative estimate of drug-likeness (QED) is 0.738. The van der Waals surface area contributed by atoms with Gasteiger partial charge in [0.1, 0.15) is 0 Å². The molecule has 0 atom stereocenters. The van der Waals surface area contributed by atoms with Gasteiger partial charge in [0.25, 0.3) is 5.89 Å². The number of aromatic nitrogens is 2. The second-order valence-corrected chi connectivity index (χ2v) is 2.78. The number of benzene rings is 1. The van der Waals surface area contributed by atoms with Crippen LogP contribution in [0.1, 0.15) is 5.56 Å². The Morgan fingerprint density at radius 1 is 1.33 bits per heavy atom. The lowest BCUT2D eigenvalue weighted by Gasteiger charge is -1.92. The van der Waals surface area contributed by atoms with Crippen molar-refractivity contribution in [2.45, 2.75) is 0 Å². The predicted octanol–water partition coefficient (Wildman–Crippen LogP) is 1.62. The summed E-state index contributed by atoms with van der Waals surface area (Å²) in [5, 5.41) is 12.2. The van der Waals surface area contributed by atoms with Gasteiger partial charge in [-0.1, -0.05) is 0 Å². The Balaban J connectivity index is 2.33. The monoisotopic (exact) mass is 201 g/mol. The summed E-state index contributed by atoms with van der Waals surface area (Å²) in [7, 11) is 1.47. The van der Waals surface area contributed by atoms with Crippen molar-refractivity contribution in [1.82, 2.24) is 10.1 Å². The smallest absolute Gasteiger partial charge is 0.354 e. The van der Waals surface area contributed by atoms with E-state index in [1.54, 1.807) is 24.3 Å². The van der Waals surface area contributed by atoms with Crippen LogP contribution in [0.15, 0.2) is 28.8 Å². The highest BCUT2D eigenvalue weighted by Crippen LogP contribution is 2.19. The number of hydrogen-bond acceptors (Lipinski definition) is 5. The zero-order valence-corrected chi connectivity index (χ0v) is 7.97. The van der Waals surface area contributed by atoms with E-state index in [1.165, 1.54) is 7.11 Å². The van der Waals surface area contributed by atoms with Gasteiger partial charge in [0, 0.05) is 5.56 Å². The molecule has 2 aromatic rings. The van der Waals surface area contributed by atoms with Crippen molar-refractivity contribution in [1.29, 1.82) is 5.26 Å². The Morgan fingerprint density at radius 3 is 2.60 bits per heavy atom. The molecule has 15 heavy (non-hydrogen) atoms.